The molecule has 112 valence electrons. The van der Waals surface area contributed by atoms with Crippen LogP contribution in [0.25, 0.3) is 0 Å². The van der Waals surface area contributed by atoms with Crippen molar-refractivity contribution < 1.29 is 23.1 Å². The van der Waals surface area contributed by atoms with Gasteiger partial charge in [-0.25, -0.2) is 13.6 Å². The van der Waals surface area contributed by atoms with Crippen molar-refractivity contribution in [2.45, 2.75) is 12.5 Å². The maximum atomic E-state index is 13.6. The van der Waals surface area contributed by atoms with Gasteiger partial charge in [-0.2, -0.15) is 0 Å². The molecule has 0 bridgehead atoms. The zero-order valence-electron chi connectivity index (χ0n) is 11.2. The van der Waals surface area contributed by atoms with Crippen molar-refractivity contribution in [3.8, 4) is 0 Å². The molecular formula is C14H14F2N2O3. The van der Waals surface area contributed by atoms with E-state index in [1.165, 1.54) is 12.1 Å². The Morgan fingerprint density at radius 2 is 2.14 bits per heavy atom. The summed E-state index contributed by atoms with van der Waals surface area (Å²) in [6, 6.07) is 3.65. The molecule has 1 atom stereocenters. The number of carbonyl (C=O) groups is 2. The fourth-order valence-electron chi connectivity index (χ4n) is 2.67. The predicted octanol–water partition coefficient (Wildman–Crippen LogP) is 1.17. The fourth-order valence-corrected chi connectivity index (χ4v) is 2.67. The molecule has 21 heavy (non-hydrogen) atoms. The topological polar surface area (TPSA) is 49.9 Å². The summed E-state index contributed by atoms with van der Waals surface area (Å²) < 4.78 is 31.6. The molecule has 0 radical (unpaired) electrons. The van der Waals surface area contributed by atoms with Gasteiger partial charge in [0.1, 0.15) is 6.61 Å². The van der Waals surface area contributed by atoms with Crippen LogP contribution < -0.4 is 0 Å². The van der Waals surface area contributed by atoms with E-state index >= 15 is 0 Å². The van der Waals surface area contributed by atoms with E-state index in [1.54, 1.807) is 9.80 Å². The van der Waals surface area contributed by atoms with Gasteiger partial charge in [0.25, 0.3) is 0 Å². The van der Waals surface area contributed by atoms with E-state index in [2.05, 4.69) is 0 Å². The number of hydrogen-bond donors (Lipinski definition) is 0. The van der Waals surface area contributed by atoms with E-state index < -0.39 is 11.6 Å². The van der Waals surface area contributed by atoms with Gasteiger partial charge in [0.2, 0.25) is 5.91 Å². The number of amides is 2. The summed E-state index contributed by atoms with van der Waals surface area (Å²) in [5, 5.41) is 0. The molecular weight excluding hydrogens is 282 g/mol. The highest BCUT2D eigenvalue weighted by Crippen LogP contribution is 2.19. The van der Waals surface area contributed by atoms with Crippen molar-refractivity contribution in [1.82, 2.24) is 9.80 Å². The Morgan fingerprint density at radius 3 is 2.95 bits per heavy atom. The van der Waals surface area contributed by atoms with Crippen LogP contribution in [0.2, 0.25) is 0 Å². The van der Waals surface area contributed by atoms with Crippen molar-refractivity contribution >= 4 is 12.0 Å². The molecule has 2 aliphatic heterocycles. The zero-order chi connectivity index (χ0) is 15.0. The third-order valence-electron chi connectivity index (χ3n) is 3.84. The molecule has 2 heterocycles. The third kappa shape index (κ3) is 2.55. The minimum Gasteiger partial charge on any atom is -0.447 e. The lowest BCUT2D eigenvalue weighted by atomic mass is 10.1. The SMILES string of the molecule is O=C(Cc1cccc(F)c1F)N1CCN2C(=O)OC[C@@H]2C1. The summed E-state index contributed by atoms with van der Waals surface area (Å²) >= 11 is 0. The van der Waals surface area contributed by atoms with E-state index in [4.69, 9.17) is 4.74 Å². The number of benzene rings is 1. The number of carbonyl (C=O) groups excluding carboxylic acids is 2. The Balaban J connectivity index is 1.66. The summed E-state index contributed by atoms with van der Waals surface area (Å²) in [5.74, 6) is -2.22. The fraction of sp³-hybridized carbons (Fsp3) is 0.429. The van der Waals surface area contributed by atoms with Gasteiger partial charge < -0.3 is 9.64 Å². The number of ether oxygens (including phenoxy) is 1. The molecule has 0 spiro atoms. The lowest BCUT2D eigenvalue weighted by molar-refractivity contribution is -0.132. The van der Waals surface area contributed by atoms with Gasteiger partial charge in [-0.3, -0.25) is 9.69 Å². The minimum atomic E-state index is -0.983. The second kappa shape index (κ2) is 5.31. The molecule has 2 saturated heterocycles. The van der Waals surface area contributed by atoms with Gasteiger partial charge >= 0.3 is 6.09 Å². The Hall–Kier alpha value is -2.18. The number of piperazine rings is 1. The zero-order valence-corrected chi connectivity index (χ0v) is 11.2. The Bertz CT molecular complexity index is 594. The maximum absolute atomic E-state index is 13.6. The van der Waals surface area contributed by atoms with Gasteiger partial charge in [-0.05, 0) is 6.07 Å². The number of fused-ring (bicyclic) bond motifs is 1. The molecule has 2 amide bonds. The normalized spacial score (nSPS) is 21.2. The van der Waals surface area contributed by atoms with Crippen molar-refractivity contribution in [2.75, 3.05) is 26.2 Å². The third-order valence-corrected chi connectivity index (χ3v) is 3.84. The van der Waals surface area contributed by atoms with Crippen molar-refractivity contribution in [3.63, 3.8) is 0 Å². The second-order valence-electron chi connectivity index (χ2n) is 5.15. The van der Waals surface area contributed by atoms with Crippen molar-refractivity contribution in [2.24, 2.45) is 0 Å². The van der Waals surface area contributed by atoms with Crippen LogP contribution >= 0.6 is 0 Å². The van der Waals surface area contributed by atoms with Crippen LogP contribution in [0.15, 0.2) is 18.2 Å². The molecule has 7 heteroatoms. The highest BCUT2D eigenvalue weighted by molar-refractivity contribution is 5.79. The van der Waals surface area contributed by atoms with Gasteiger partial charge in [-0.1, -0.05) is 12.1 Å². The van der Waals surface area contributed by atoms with E-state index in [-0.39, 0.29) is 36.6 Å². The van der Waals surface area contributed by atoms with E-state index in [1.807, 2.05) is 0 Å². The lowest BCUT2D eigenvalue weighted by Crippen LogP contribution is -2.54. The molecule has 3 rings (SSSR count). The smallest absolute Gasteiger partial charge is 0.410 e. The first kappa shape index (κ1) is 13.8. The largest absolute Gasteiger partial charge is 0.447 e. The first-order chi connectivity index (χ1) is 10.1. The van der Waals surface area contributed by atoms with E-state index in [0.29, 0.717) is 19.6 Å². The minimum absolute atomic E-state index is 0.0428. The number of cyclic esters (lactones) is 1. The lowest BCUT2D eigenvalue weighted by Gasteiger charge is -2.35. The Morgan fingerprint density at radius 1 is 1.33 bits per heavy atom. The van der Waals surface area contributed by atoms with Gasteiger partial charge in [0.05, 0.1) is 12.5 Å². The van der Waals surface area contributed by atoms with Crippen LogP contribution in [0.1, 0.15) is 5.56 Å². The molecule has 5 nitrogen and oxygen atoms in total. The van der Waals surface area contributed by atoms with Gasteiger partial charge in [-0.15, -0.1) is 0 Å². The van der Waals surface area contributed by atoms with Gasteiger partial charge in [0, 0.05) is 25.2 Å². The molecule has 0 unspecified atom stereocenters. The summed E-state index contributed by atoms with van der Waals surface area (Å²) in [7, 11) is 0. The second-order valence-corrected chi connectivity index (χ2v) is 5.15. The van der Waals surface area contributed by atoms with Gasteiger partial charge in [0.15, 0.2) is 11.6 Å². The Labute approximate surface area is 120 Å². The van der Waals surface area contributed by atoms with Crippen LogP contribution in [0.5, 0.6) is 0 Å². The standard InChI is InChI=1S/C14H14F2N2O3/c15-11-3-1-2-9(13(11)16)6-12(19)17-4-5-18-10(7-17)8-21-14(18)20/h1-3,10H,4-8H2/t10-/m0/s1. The van der Waals surface area contributed by atoms with Crippen LogP contribution in [-0.4, -0.2) is 54.1 Å². The van der Waals surface area contributed by atoms with Crippen molar-refractivity contribution in [1.29, 1.82) is 0 Å². The predicted molar refractivity (Wildman–Crippen MR) is 68.5 cm³/mol. The van der Waals surface area contributed by atoms with Crippen molar-refractivity contribution in [3.05, 3.63) is 35.4 Å². The molecule has 0 aromatic heterocycles. The molecule has 1 aromatic rings. The molecule has 0 saturated carbocycles. The molecule has 1 aromatic carbocycles. The molecule has 2 fully saturated rings. The summed E-state index contributed by atoms with van der Waals surface area (Å²) in [5.41, 5.74) is 0.0428. The van der Waals surface area contributed by atoms with Crippen LogP contribution in [0, 0.1) is 11.6 Å². The maximum Gasteiger partial charge on any atom is 0.410 e. The first-order valence-corrected chi connectivity index (χ1v) is 6.70. The first-order valence-electron chi connectivity index (χ1n) is 6.70. The van der Waals surface area contributed by atoms with Crippen LogP contribution in [0.3, 0.4) is 0 Å². The average molecular weight is 296 g/mol. The molecule has 2 aliphatic rings. The highest BCUT2D eigenvalue weighted by atomic mass is 19.2. The number of nitrogens with zero attached hydrogens (tertiary/aromatic N) is 2. The highest BCUT2D eigenvalue weighted by Gasteiger charge is 2.38. The molecule has 0 aliphatic carbocycles. The summed E-state index contributed by atoms with van der Waals surface area (Å²) in [4.78, 5) is 26.7. The van der Waals surface area contributed by atoms with E-state index in [0.717, 1.165) is 6.07 Å². The quantitative estimate of drug-likeness (QED) is 0.823. The Kier molecular flexibility index (Phi) is 3.48. The summed E-state index contributed by atoms with van der Waals surface area (Å²) in [6.45, 7) is 1.40. The monoisotopic (exact) mass is 296 g/mol. The summed E-state index contributed by atoms with van der Waals surface area (Å²) in [6.07, 6.45) is -0.547. The number of halogens is 2. The van der Waals surface area contributed by atoms with E-state index in [9.17, 15) is 18.4 Å². The molecule has 0 N–H and O–H groups in total. The van der Waals surface area contributed by atoms with Crippen LogP contribution in [0.4, 0.5) is 13.6 Å². The number of rotatable bonds is 2. The average Bonchev–Trinajstić information content (AvgIpc) is 2.85. The number of hydrogen-bond acceptors (Lipinski definition) is 3. The van der Waals surface area contributed by atoms with Crippen LogP contribution in [-0.2, 0) is 16.0 Å².